The average Bonchev–Trinajstić information content (AvgIpc) is 3.18. The molecule has 3 atom stereocenters. The highest BCUT2D eigenvalue weighted by molar-refractivity contribution is 9.10. The van der Waals surface area contributed by atoms with Gasteiger partial charge >= 0.3 is 0 Å². The summed E-state index contributed by atoms with van der Waals surface area (Å²) in [6, 6.07) is 22.2. The van der Waals surface area contributed by atoms with E-state index in [1.807, 2.05) is 54.6 Å². The first-order chi connectivity index (χ1) is 13.6. The molecule has 0 radical (unpaired) electrons. The summed E-state index contributed by atoms with van der Waals surface area (Å²) in [5.74, 6) is 0.725. The van der Waals surface area contributed by atoms with E-state index in [9.17, 15) is 5.11 Å². The van der Waals surface area contributed by atoms with Gasteiger partial charge in [-0.15, -0.1) is 0 Å². The zero-order valence-electron chi connectivity index (χ0n) is 15.5. The number of rotatable bonds is 2. The highest BCUT2D eigenvalue weighted by atomic mass is 79.9. The van der Waals surface area contributed by atoms with Crippen LogP contribution in [0.5, 0.6) is 5.75 Å². The first-order valence-corrected chi connectivity index (χ1v) is 10.1. The number of aliphatic hydroxyl groups is 2. The molecule has 1 fully saturated rings. The molecule has 5 heteroatoms. The summed E-state index contributed by atoms with van der Waals surface area (Å²) < 4.78 is 7.59. The van der Waals surface area contributed by atoms with Crippen molar-refractivity contribution in [3.63, 3.8) is 0 Å². The minimum absolute atomic E-state index is 0.0454. The van der Waals surface area contributed by atoms with E-state index in [-0.39, 0.29) is 5.92 Å². The van der Waals surface area contributed by atoms with Gasteiger partial charge in [0.25, 0.3) is 0 Å². The summed E-state index contributed by atoms with van der Waals surface area (Å²) in [6.07, 6.45) is 3.19. The molecule has 0 spiro atoms. The quantitative estimate of drug-likeness (QED) is 0.616. The summed E-state index contributed by atoms with van der Waals surface area (Å²) in [7, 11) is 1.00. The van der Waals surface area contributed by atoms with Gasteiger partial charge < -0.3 is 14.9 Å². The normalized spacial score (nSPS) is 27.2. The van der Waals surface area contributed by atoms with Crippen molar-refractivity contribution in [1.29, 1.82) is 0 Å². The molecular formula is C23H22BrNO3. The van der Waals surface area contributed by atoms with E-state index in [0.29, 0.717) is 17.9 Å². The lowest BCUT2D eigenvalue weighted by atomic mass is 9.73. The van der Waals surface area contributed by atoms with Crippen LogP contribution in [0, 0.1) is 0 Å². The Hall–Kier alpha value is -2.21. The third kappa shape index (κ3) is 2.61. The van der Waals surface area contributed by atoms with E-state index < -0.39 is 11.2 Å². The number of benzene rings is 2. The van der Waals surface area contributed by atoms with Gasteiger partial charge in [0.05, 0.1) is 0 Å². The number of hydrogen-bond donors (Lipinski definition) is 2. The number of ether oxygens (including phenoxy) is 1. The Morgan fingerprint density at radius 1 is 1.00 bits per heavy atom. The van der Waals surface area contributed by atoms with Crippen LogP contribution in [0.2, 0.25) is 0 Å². The molecule has 144 valence electrons. The second-order valence-corrected chi connectivity index (χ2v) is 7.97. The van der Waals surface area contributed by atoms with Crippen molar-refractivity contribution in [2.24, 2.45) is 0 Å². The maximum absolute atomic E-state index is 11.9. The van der Waals surface area contributed by atoms with Crippen LogP contribution in [0.1, 0.15) is 35.6 Å². The van der Waals surface area contributed by atoms with Gasteiger partial charge in [-0.3, -0.25) is 4.98 Å². The Kier molecular flexibility index (Phi) is 5.00. The molecule has 2 aliphatic rings. The fourth-order valence-electron chi connectivity index (χ4n) is 4.72. The SMILES string of the molecule is CO.OC12CCC(c3ccccc3)C1(c1ccc(Br)cc1)Oc1cccnc12. The summed E-state index contributed by atoms with van der Waals surface area (Å²) in [5.41, 5.74) is 0.803. The van der Waals surface area contributed by atoms with Crippen molar-refractivity contribution in [3.05, 3.63) is 94.2 Å². The molecule has 2 N–H and O–H groups in total. The number of hydrogen-bond acceptors (Lipinski definition) is 4. The van der Waals surface area contributed by atoms with E-state index in [0.717, 1.165) is 23.6 Å². The summed E-state index contributed by atoms with van der Waals surface area (Å²) >= 11 is 3.51. The number of nitrogens with zero attached hydrogens (tertiary/aromatic N) is 1. The number of fused-ring (bicyclic) bond motifs is 3. The smallest absolute Gasteiger partial charge is 0.175 e. The number of pyridine rings is 1. The maximum Gasteiger partial charge on any atom is 0.175 e. The fourth-order valence-corrected chi connectivity index (χ4v) is 4.98. The summed E-state index contributed by atoms with van der Waals surface area (Å²) in [5, 5.41) is 18.9. The van der Waals surface area contributed by atoms with Crippen LogP contribution in [-0.4, -0.2) is 22.3 Å². The highest BCUT2D eigenvalue weighted by Crippen LogP contribution is 2.65. The van der Waals surface area contributed by atoms with Crippen LogP contribution >= 0.6 is 15.9 Å². The lowest BCUT2D eigenvalue weighted by Crippen LogP contribution is -2.48. The van der Waals surface area contributed by atoms with Crippen molar-refractivity contribution in [3.8, 4) is 5.75 Å². The molecule has 4 nitrogen and oxygen atoms in total. The van der Waals surface area contributed by atoms with E-state index in [1.165, 1.54) is 5.56 Å². The lowest BCUT2D eigenvalue weighted by molar-refractivity contribution is -0.107. The molecule has 3 aromatic rings. The van der Waals surface area contributed by atoms with Gasteiger partial charge in [-0.1, -0.05) is 58.4 Å². The Bertz CT molecular complexity index is 963. The highest BCUT2D eigenvalue weighted by Gasteiger charge is 2.69. The van der Waals surface area contributed by atoms with Gasteiger partial charge in [-0.2, -0.15) is 0 Å². The fraction of sp³-hybridized carbons (Fsp3) is 0.261. The molecule has 1 aromatic heterocycles. The second kappa shape index (κ2) is 7.32. The molecule has 0 bridgehead atoms. The topological polar surface area (TPSA) is 62.6 Å². The molecule has 5 rings (SSSR count). The van der Waals surface area contributed by atoms with Crippen LogP contribution in [0.15, 0.2) is 77.4 Å². The van der Waals surface area contributed by atoms with Crippen LogP contribution in [0.25, 0.3) is 0 Å². The molecular weight excluding hydrogens is 418 g/mol. The van der Waals surface area contributed by atoms with Crippen molar-refractivity contribution < 1.29 is 14.9 Å². The predicted molar refractivity (Wildman–Crippen MR) is 111 cm³/mol. The van der Waals surface area contributed by atoms with Crippen LogP contribution in [0.4, 0.5) is 0 Å². The number of aliphatic hydroxyl groups excluding tert-OH is 1. The molecule has 1 aliphatic heterocycles. The van der Waals surface area contributed by atoms with Gasteiger partial charge in [-0.05, 0) is 48.2 Å². The molecule has 28 heavy (non-hydrogen) atoms. The zero-order chi connectivity index (χ0) is 19.8. The monoisotopic (exact) mass is 439 g/mol. The first-order valence-electron chi connectivity index (χ1n) is 9.28. The van der Waals surface area contributed by atoms with Crippen LogP contribution in [0.3, 0.4) is 0 Å². The lowest BCUT2D eigenvalue weighted by Gasteiger charge is -2.39. The van der Waals surface area contributed by atoms with E-state index >= 15 is 0 Å². The van der Waals surface area contributed by atoms with Gasteiger partial charge in [0, 0.05) is 23.7 Å². The van der Waals surface area contributed by atoms with Crippen LogP contribution < -0.4 is 4.74 Å². The standard InChI is InChI=1S/C22H18BrNO2.CH4O/c23-17-10-8-16(9-11-17)22-18(15-5-2-1-3-6-15)12-13-21(22,25)20-19(26-22)7-4-14-24-20;1-2/h1-11,14,18,25H,12-13H2;2H,1H3. The molecule has 2 aromatic carbocycles. The summed E-state index contributed by atoms with van der Waals surface area (Å²) in [4.78, 5) is 4.51. The maximum atomic E-state index is 11.9. The molecule has 0 amide bonds. The van der Waals surface area contributed by atoms with E-state index in [1.54, 1.807) is 6.20 Å². The van der Waals surface area contributed by atoms with Crippen molar-refractivity contribution in [1.82, 2.24) is 4.98 Å². The van der Waals surface area contributed by atoms with Crippen molar-refractivity contribution in [2.75, 3.05) is 7.11 Å². The Morgan fingerprint density at radius 3 is 2.43 bits per heavy atom. The number of halogens is 1. The van der Waals surface area contributed by atoms with Crippen molar-refractivity contribution >= 4 is 15.9 Å². The Morgan fingerprint density at radius 2 is 1.71 bits per heavy atom. The van der Waals surface area contributed by atoms with Gasteiger partial charge in [0.1, 0.15) is 11.4 Å². The first kappa shape index (κ1) is 19.1. The number of aromatic nitrogens is 1. The van der Waals surface area contributed by atoms with E-state index in [2.05, 4.69) is 33.0 Å². The summed E-state index contributed by atoms with van der Waals surface area (Å²) in [6.45, 7) is 0. The Labute approximate surface area is 173 Å². The molecule has 1 aliphatic carbocycles. The Balaban J connectivity index is 0.000000932. The van der Waals surface area contributed by atoms with Crippen molar-refractivity contribution in [2.45, 2.75) is 30.0 Å². The minimum Gasteiger partial charge on any atom is -0.476 e. The molecule has 3 unspecified atom stereocenters. The minimum atomic E-state index is -1.14. The third-order valence-corrected chi connectivity index (χ3v) is 6.34. The third-order valence-electron chi connectivity index (χ3n) is 5.81. The van der Waals surface area contributed by atoms with Gasteiger partial charge in [-0.25, -0.2) is 0 Å². The molecule has 1 saturated carbocycles. The van der Waals surface area contributed by atoms with Gasteiger partial charge in [0.2, 0.25) is 0 Å². The second-order valence-electron chi connectivity index (χ2n) is 7.06. The largest absolute Gasteiger partial charge is 0.476 e. The average molecular weight is 440 g/mol. The molecule has 0 saturated heterocycles. The van der Waals surface area contributed by atoms with Crippen LogP contribution in [-0.2, 0) is 11.2 Å². The van der Waals surface area contributed by atoms with E-state index in [4.69, 9.17) is 9.84 Å². The zero-order valence-corrected chi connectivity index (χ0v) is 17.1. The van der Waals surface area contributed by atoms with Gasteiger partial charge in [0.15, 0.2) is 11.2 Å². The molecule has 2 heterocycles. The predicted octanol–water partition coefficient (Wildman–Crippen LogP) is 4.51.